The van der Waals surface area contributed by atoms with Crippen molar-refractivity contribution >= 4 is 29.4 Å². The topological polar surface area (TPSA) is 40.5 Å². The van der Waals surface area contributed by atoms with Crippen LogP contribution in [0.4, 0.5) is 0 Å². The van der Waals surface area contributed by atoms with Crippen LogP contribution in [0.5, 0.6) is 5.75 Å². The number of carbonyl (C=O) groups excluding carboxylic acids is 1. The van der Waals surface area contributed by atoms with Crippen molar-refractivity contribution in [3.8, 4) is 5.75 Å². The fraction of sp³-hybridized carbons (Fsp3) is 0.788. The molecule has 0 bridgehead atoms. The molecule has 0 aromatic heterocycles. The zero-order valence-corrected chi connectivity index (χ0v) is 26.6. The van der Waals surface area contributed by atoms with E-state index in [1.54, 1.807) is 0 Å². The largest absolute Gasteiger partial charge is 0.507 e. The average Bonchev–Trinajstić information content (AvgIpc) is 2.88. The molecule has 1 aliphatic heterocycles. The summed E-state index contributed by atoms with van der Waals surface area (Å²) in [5, 5.41) is 12.2. The van der Waals surface area contributed by atoms with Crippen molar-refractivity contribution in [2.75, 3.05) is 18.8 Å². The van der Waals surface area contributed by atoms with Crippen molar-refractivity contribution in [3.63, 3.8) is 0 Å². The van der Waals surface area contributed by atoms with E-state index in [0.29, 0.717) is 27.9 Å². The molecule has 1 N–H and O–H groups in total. The lowest BCUT2D eigenvalue weighted by atomic mass is 9.76. The van der Waals surface area contributed by atoms with E-state index < -0.39 is 0 Å². The number of likely N-dealkylation sites (tertiary alicyclic amines) is 1. The lowest BCUT2D eigenvalue weighted by Crippen LogP contribution is -2.41. The number of phenolic OH excluding ortho intramolecular Hbond substituents is 1. The Labute approximate surface area is 241 Å². The zero-order chi connectivity index (χ0) is 27.5. The fourth-order valence-corrected chi connectivity index (χ4v) is 9.80. The van der Waals surface area contributed by atoms with Crippen molar-refractivity contribution in [1.82, 2.24) is 4.90 Å². The number of amides is 1. The Morgan fingerprint density at radius 3 is 1.84 bits per heavy atom. The molecule has 1 amide bonds. The molecular formula is C33H53NO2S2. The van der Waals surface area contributed by atoms with E-state index in [0.717, 1.165) is 36.1 Å². The second-order valence-electron chi connectivity index (χ2n) is 14.3. The third-order valence-electron chi connectivity index (χ3n) is 9.26. The Kier molecular flexibility index (Phi) is 10.2. The first-order valence-corrected chi connectivity index (χ1v) is 17.3. The fourth-order valence-electron chi connectivity index (χ4n) is 6.88. The maximum absolute atomic E-state index is 13.2. The van der Waals surface area contributed by atoms with Crippen molar-refractivity contribution in [3.05, 3.63) is 23.3 Å². The number of benzene rings is 1. The molecule has 1 aromatic rings. The molecule has 2 unspecified atom stereocenters. The summed E-state index contributed by atoms with van der Waals surface area (Å²) >= 11 is 3.90. The van der Waals surface area contributed by atoms with Crippen LogP contribution in [0.3, 0.4) is 0 Å². The Bertz CT molecular complexity index is 898. The lowest BCUT2D eigenvalue weighted by molar-refractivity contribution is -0.130. The highest BCUT2D eigenvalue weighted by Gasteiger charge is 2.32. The highest BCUT2D eigenvalue weighted by Crippen LogP contribution is 2.45. The highest BCUT2D eigenvalue weighted by molar-refractivity contribution is 8.04. The summed E-state index contributed by atoms with van der Waals surface area (Å²) in [5.74, 6) is 3.23. The van der Waals surface area contributed by atoms with Gasteiger partial charge in [-0.25, -0.2) is 0 Å². The summed E-state index contributed by atoms with van der Waals surface area (Å²) in [7, 11) is 0. The third-order valence-corrected chi connectivity index (χ3v) is 12.2. The van der Waals surface area contributed by atoms with Crippen LogP contribution in [0, 0.1) is 11.8 Å². The van der Waals surface area contributed by atoms with E-state index in [2.05, 4.69) is 58.6 Å². The number of hydrogen-bond acceptors (Lipinski definition) is 4. The van der Waals surface area contributed by atoms with Crippen LogP contribution < -0.4 is 0 Å². The third kappa shape index (κ3) is 7.68. The second kappa shape index (κ2) is 12.8. The van der Waals surface area contributed by atoms with Crippen LogP contribution in [0.25, 0.3) is 0 Å². The molecule has 2 saturated carbocycles. The van der Waals surface area contributed by atoms with Gasteiger partial charge in [-0.1, -0.05) is 86.5 Å². The minimum Gasteiger partial charge on any atom is -0.507 e. The van der Waals surface area contributed by atoms with Crippen molar-refractivity contribution in [2.45, 2.75) is 138 Å². The number of piperidine rings is 1. The summed E-state index contributed by atoms with van der Waals surface area (Å²) in [6, 6.07) is 4.46. The Balaban J connectivity index is 1.36. The molecule has 5 heteroatoms. The van der Waals surface area contributed by atoms with E-state index in [4.69, 9.17) is 0 Å². The van der Waals surface area contributed by atoms with E-state index in [1.165, 1.54) is 75.5 Å². The lowest BCUT2D eigenvalue weighted by Gasteiger charge is -2.38. The van der Waals surface area contributed by atoms with Crippen LogP contribution in [0.15, 0.2) is 17.0 Å². The normalized spacial score (nSPS) is 24.5. The smallest absolute Gasteiger partial charge is 0.232 e. The van der Waals surface area contributed by atoms with Gasteiger partial charge in [-0.3, -0.25) is 4.79 Å². The number of carbonyl (C=O) groups is 1. The van der Waals surface area contributed by atoms with E-state index in [-0.39, 0.29) is 10.8 Å². The first-order chi connectivity index (χ1) is 17.9. The molecule has 4 rings (SSSR count). The van der Waals surface area contributed by atoms with Gasteiger partial charge in [0.15, 0.2) is 0 Å². The van der Waals surface area contributed by atoms with Gasteiger partial charge in [0.2, 0.25) is 5.91 Å². The zero-order valence-electron chi connectivity index (χ0n) is 25.0. The van der Waals surface area contributed by atoms with Crippen LogP contribution in [-0.4, -0.2) is 45.3 Å². The summed E-state index contributed by atoms with van der Waals surface area (Å²) in [6.45, 7) is 15.1. The van der Waals surface area contributed by atoms with Gasteiger partial charge in [-0.05, 0) is 60.5 Å². The molecule has 2 atom stereocenters. The maximum atomic E-state index is 13.2. The minimum absolute atomic E-state index is 0.113. The summed E-state index contributed by atoms with van der Waals surface area (Å²) in [5.41, 5.74) is 1.86. The molecule has 214 valence electrons. The first-order valence-electron chi connectivity index (χ1n) is 15.4. The molecule has 1 saturated heterocycles. The van der Waals surface area contributed by atoms with Crippen molar-refractivity contribution in [1.29, 1.82) is 0 Å². The first kappa shape index (κ1) is 30.2. The monoisotopic (exact) mass is 559 g/mol. The van der Waals surface area contributed by atoms with E-state index in [1.807, 2.05) is 23.5 Å². The van der Waals surface area contributed by atoms with Crippen LogP contribution in [0.1, 0.15) is 123 Å². The summed E-state index contributed by atoms with van der Waals surface area (Å²) in [6.07, 6.45) is 14.5. The Morgan fingerprint density at radius 2 is 1.29 bits per heavy atom. The van der Waals surface area contributed by atoms with Gasteiger partial charge < -0.3 is 10.0 Å². The molecule has 1 heterocycles. The van der Waals surface area contributed by atoms with Gasteiger partial charge in [-0.15, -0.1) is 23.5 Å². The number of phenols is 1. The molecule has 3 fully saturated rings. The average molecular weight is 560 g/mol. The van der Waals surface area contributed by atoms with Crippen LogP contribution in [0.2, 0.25) is 0 Å². The van der Waals surface area contributed by atoms with Gasteiger partial charge in [0, 0.05) is 39.6 Å². The number of aromatic hydroxyl groups is 1. The molecule has 0 radical (unpaired) electrons. The van der Waals surface area contributed by atoms with E-state index >= 15 is 0 Å². The van der Waals surface area contributed by atoms with E-state index in [9.17, 15) is 9.90 Å². The van der Waals surface area contributed by atoms with Gasteiger partial charge in [0.1, 0.15) is 5.75 Å². The predicted molar refractivity (Wildman–Crippen MR) is 166 cm³/mol. The molecule has 3 nitrogen and oxygen atoms in total. The SMILES string of the molecule is CC(C)(C)c1cc(SC2CCCCC2SCC(=O)N2CCC(C3CCCCC3)CC2)cc(C(C)(C)C)c1O. The molecule has 1 aromatic carbocycles. The number of nitrogens with zero attached hydrogens (tertiary/aromatic N) is 1. The van der Waals surface area contributed by atoms with Crippen LogP contribution >= 0.6 is 23.5 Å². The standard InChI is InChI=1S/C33H53NO2S2/c1-32(2,3)26-20-25(21-27(31(26)36)33(4,5)6)38-29-15-11-10-14-28(29)37-22-30(35)34-18-16-24(17-19-34)23-12-8-7-9-13-23/h20-21,23-24,28-29,36H,7-19,22H2,1-6H3. The maximum Gasteiger partial charge on any atom is 0.232 e. The summed E-state index contributed by atoms with van der Waals surface area (Å²) in [4.78, 5) is 16.6. The quantitative estimate of drug-likeness (QED) is 0.378. The van der Waals surface area contributed by atoms with Gasteiger partial charge in [0.05, 0.1) is 5.75 Å². The molecule has 3 aliphatic rings. The molecular weight excluding hydrogens is 507 g/mol. The highest BCUT2D eigenvalue weighted by atomic mass is 32.2. The molecule has 2 aliphatic carbocycles. The Morgan fingerprint density at radius 1 is 0.789 bits per heavy atom. The van der Waals surface area contributed by atoms with Gasteiger partial charge in [0.25, 0.3) is 0 Å². The number of rotatable bonds is 6. The number of hydrogen-bond donors (Lipinski definition) is 1. The number of thioether (sulfide) groups is 2. The van der Waals surface area contributed by atoms with Crippen LogP contribution in [-0.2, 0) is 15.6 Å². The second-order valence-corrected chi connectivity index (χ2v) is 16.8. The molecule has 0 spiro atoms. The Hall–Kier alpha value is -0.810. The van der Waals surface area contributed by atoms with Crippen molar-refractivity contribution < 1.29 is 9.90 Å². The minimum atomic E-state index is -0.113. The van der Waals surface area contributed by atoms with Crippen molar-refractivity contribution in [2.24, 2.45) is 11.8 Å². The predicted octanol–water partition coefficient (Wildman–Crippen LogP) is 8.94. The van der Waals surface area contributed by atoms with Gasteiger partial charge >= 0.3 is 0 Å². The summed E-state index contributed by atoms with van der Waals surface area (Å²) < 4.78 is 0. The molecule has 38 heavy (non-hydrogen) atoms. The van der Waals surface area contributed by atoms with Gasteiger partial charge in [-0.2, -0.15) is 0 Å².